The SMILES string of the molecule is CC1=CC([Si](C)(C)C2C=C(CC(C)c3ccccc3)c3cc4c(cc32)CCC4)c2ccccc21. The van der Waals surface area contributed by atoms with Crippen molar-refractivity contribution in [2.24, 2.45) is 0 Å². The van der Waals surface area contributed by atoms with E-state index < -0.39 is 8.07 Å². The molecule has 0 fully saturated rings. The van der Waals surface area contributed by atoms with E-state index in [4.69, 9.17) is 0 Å². The van der Waals surface area contributed by atoms with E-state index in [0.717, 1.165) is 6.42 Å². The van der Waals surface area contributed by atoms with Crippen LogP contribution >= 0.6 is 0 Å². The molecule has 3 aliphatic carbocycles. The minimum Gasteiger partial charge on any atom is -0.0761 e. The lowest BCUT2D eigenvalue weighted by Gasteiger charge is -2.35. The number of rotatable bonds is 5. The zero-order valence-electron chi connectivity index (χ0n) is 21.1. The number of benzene rings is 3. The summed E-state index contributed by atoms with van der Waals surface area (Å²) in [6.07, 6.45) is 10.3. The molecule has 6 rings (SSSR count). The smallest absolute Gasteiger partial charge is 0.0715 e. The number of aryl methyl sites for hydroxylation is 2. The van der Waals surface area contributed by atoms with Crippen LogP contribution < -0.4 is 0 Å². The fraction of sp³-hybridized carbons (Fsp3) is 0.333. The van der Waals surface area contributed by atoms with Crippen LogP contribution in [0.15, 0.2) is 78.9 Å². The predicted octanol–water partition coefficient (Wildman–Crippen LogP) is 8.84. The quantitative estimate of drug-likeness (QED) is 0.334. The lowest BCUT2D eigenvalue weighted by molar-refractivity contribution is 0.792. The monoisotopic (exact) mass is 460 g/mol. The van der Waals surface area contributed by atoms with Crippen molar-refractivity contribution in [3.63, 3.8) is 0 Å². The van der Waals surface area contributed by atoms with Crippen molar-refractivity contribution in [1.29, 1.82) is 0 Å². The number of allylic oxidation sites excluding steroid dienone is 4. The van der Waals surface area contributed by atoms with Crippen LogP contribution in [0.5, 0.6) is 0 Å². The molecule has 3 atom stereocenters. The Labute approximate surface area is 206 Å². The molecule has 0 aromatic heterocycles. The Balaban J connectivity index is 1.42. The van der Waals surface area contributed by atoms with Crippen molar-refractivity contribution in [2.45, 2.75) is 69.6 Å². The van der Waals surface area contributed by atoms with E-state index >= 15 is 0 Å². The first-order valence-corrected chi connectivity index (χ1v) is 16.3. The largest absolute Gasteiger partial charge is 0.0761 e. The Hall–Kier alpha value is -2.64. The van der Waals surface area contributed by atoms with Crippen LogP contribution in [-0.4, -0.2) is 8.07 Å². The van der Waals surface area contributed by atoms with Gasteiger partial charge in [-0.2, -0.15) is 0 Å². The molecule has 3 aliphatic rings. The first-order chi connectivity index (χ1) is 16.4. The second-order valence-corrected chi connectivity index (χ2v) is 16.4. The molecule has 3 aromatic rings. The van der Waals surface area contributed by atoms with Crippen LogP contribution in [0.2, 0.25) is 13.1 Å². The van der Waals surface area contributed by atoms with Crippen LogP contribution in [0.4, 0.5) is 0 Å². The van der Waals surface area contributed by atoms with Gasteiger partial charge < -0.3 is 0 Å². The minimum atomic E-state index is -1.74. The lowest BCUT2D eigenvalue weighted by Crippen LogP contribution is -2.40. The molecule has 0 heterocycles. The van der Waals surface area contributed by atoms with Crippen molar-refractivity contribution < 1.29 is 0 Å². The number of fused-ring (bicyclic) bond motifs is 3. The molecule has 1 heteroatoms. The molecule has 0 saturated carbocycles. The Kier molecular flexibility index (Phi) is 5.30. The van der Waals surface area contributed by atoms with Gasteiger partial charge in [0.25, 0.3) is 0 Å². The summed E-state index contributed by atoms with van der Waals surface area (Å²) in [4.78, 5) is 0. The highest BCUT2D eigenvalue weighted by atomic mass is 28.3. The van der Waals surface area contributed by atoms with Crippen LogP contribution in [0.1, 0.15) is 82.6 Å². The summed E-state index contributed by atoms with van der Waals surface area (Å²) in [6.45, 7) is 10.00. The van der Waals surface area contributed by atoms with Gasteiger partial charge in [-0.05, 0) is 99.7 Å². The van der Waals surface area contributed by atoms with E-state index in [2.05, 4.69) is 106 Å². The summed E-state index contributed by atoms with van der Waals surface area (Å²) in [6, 6.07) is 25.5. The van der Waals surface area contributed by atoms with E-state index in [1.807, 2.05) is 0 Å². The van der Waals surface area contributed by atoms with Crippen LogP contribution in [0, 0.1) is 0 Å². The average Bonchev–Trinajstić information content (AvgIpc) is 3.55. The topological polar surface area (TPSA) is 0 Å². The van der Waals surface area contributed by atoms with E-state index in [0.29, 0.717) is 17.0 Å². The van der Waals surface area contributed by atoms with Gasteiger partial charge in [-0.1, -0.05) is 98.9 Å². The van der Waals surface area contributed by atoms with Crippen LogP contribution in [0.3, 0.4) is 0 Å². The highest BCUT2D eigenvalue weighted by molar-refractivity contribution is 6.81. The molecule has 3 unspecified atom stereocenters. The highest BCUT2D eigenvalue weighted by Gasteiger charge is 2.45. The van der Waals surface area contributed by atoms with Crippen molar-refractivity contribution in [2.75, 3.05) is 0 Å². The molecular formula is C33H36Si. The summed E-state index contributed by atoms with van der Waals surface area (Å²) in [5.41, 5.74) is 15.2. The molecule has 34 heavy (non-hydrogen) atoms. The van der Waals surface area contributed by atoms with Gasteiger partial charge in [-0.15, -0.1) is 0 Å². The van der Waals surface area contributed by atoms with Crippen molar-refractivity contribution >= 4 is 19.2 Å². The molecule has 0 aliphatic heterocycles. The molecule has 0 bridgehead atoms. The molecule has 0 amide bonds. The first-order valence-electron chi connectivity index (χ1n) is 13.1. The van der Waals surface area contributed by atoms with Crippen molar-refractivity contribution in [1.82, 2.24) is 0 Å². The van der Waals surface area contributed by atoms with Crippen molar-refractivity contribution in [3.8, 4) is 0 Å². The van der Waals surface area contributed by atoms with Gasteiger partial charge in [-0.25, -0.2) is 0 Å². The number of hydrogen-bond acceptors (Lipinski definition) is 0. The Morgan fingerprint density at radius 3 is 2.26 bits per heavy atom. The normalized spacial score (nSPS) is 21.5. The summed E-state index contributed by atoms with van der Waals surface area (Å²) in [7, 11) is -1.74. The second-order valence-electron chi connectivity index (χ2n) is 11.5. The molecule has 172 valence electrons. The molecule has 0 radical (unpaired) electrons. The minimum absolute atomic E-state index is 0.534. The van der Waals surface area contributed by atoms with E-state index in [9.17, 15) is 0 Å². The third-order valence-electron chi connectivity index (χ3n) is 8.95. The van der Waals surface area contributed by atoms with Crippen LogP contribution in [0.25, 0.3) is 11.1 Å². The van der Waals surface area contributed by atoms with Gasteiger partial charge in [-0.3, -0.25) is 0 Å². The lowest BCUT2D eigenvalue weighted by atomic mass is 9.90. The highest BCUT2D eigenvalue weighted by Crippen LogP contribution is 2.52. The Morgan fingerprint density at radius 2 is 1.47 bits per heavy atom. The molecular weight excluding hydrogens is 424 g/mol. The van der Waals surface area contributed by atoms with Gasteiger partial charge >= 0.3 is 0 Å². The first kappa shape index (κ1) is 21.9. The maximum absolute atomic E-state index is 2.72. The zero-order chi connectivity index (χ0) is 23.4. The maximum Gasteiger partial charge on any atom is 0.0715 e. The standard InChI is InChI=1S/C33H36Si/c1-22(24-11-6-5-7-12-24)17-27-21-33(31-20-26-14-10-13-25(26)19-30(27)31)34(3,4)32-18-23(2)28-15-8-9-16-29(28)32/h5-9,11-12,15-16,18-22,32-33H,10,13-14,17H2,1-4H3. The van der Waals surface area contributed by atoms with Crippen LogP contribution in [-0.2, 0) is 12.8 Å². The van der Waals surface area contributed by atoms with Crippen molar-refractivity contribution in [3.05, 3.63) is 118 Å². The second kappa shape index (κ2) is 8.24. The molecule has 0 nitrogen and oxygen atoms in total. The third kappa shape index (κ3) is 3.48. The zero-order valence-corrected chi connectivity index (χ0v) is 22.1. The molecule has 0 spiro atoms. The molecule has 3 aromatic carbocycles. The molecule has 0 N–H and O–H groups in total. The van der Waals surface area contributed by atoms with Gasteiger partial charge in [0.05, 0.1) is 8.07 Å². The maximum atomic E-state index is 2.72. The fourth-order valence-electron chi connectivity index (χ4n) is 6.95. The summed E-state index contributed by atoms with van der Waals surface area (Å²) >= 11 is 0. The average molecular weight is 461 g/mol. The Morgan fingerprint density at radius 1 is 0.794 bits per heavy atom. The summed E-state index contributed by atoms with van der Waals surface area (Å²) in [5, 5.41) is 0. The van der Waals surface area contributed by atoms with Gasteiger partial charge in [0.1, 0.15) is 0 Å². The third-order valence-corrected chi connectivity index (χ3v) is 13.1. The summed E-state index contributed by atoms with van der Waals surface area (Å²) in [5.74, 6) is 0.534. The van der Waals surface area contributed by atoms with Gasteiger partial charge in [0, 0.05) is 0 Å². The van der Waals surface area contributed by atoms with Gasteiger partial charge in [0.2, 0.25) is 0 Å². The Bertz CT molecular complexity index is 1310. The van der Waals surface area contributed by atoms with Gasteiger partial charge in [0.15, 0.2) is 0 Å². The summed E-state index contributed by atoms with van der Waals surface area (Å²) < 4.78 is 0. The van der Waals surface area contributed by atoms with E-state index in [-0.39, 0.29) is 0 Å². The predicted molar refractivity (Wildman–Crippen MR) is 149 cm³/mol. The van der Waals surface area contributed by atoms with E-state index in [1.165, 1.54) is 36.0 Å². The molecule has 0 saturated heterocycles. The number of hydrogen-bond donors (Lipinski definition) is 0. The van der Waals surface area contributed by atoms with E-state index in [1.54, 1.807) is 33.4 Å². The fourth-order valence-corrected chi connectivity index (χ4v) is 10.7.